The van der Waals surface area contributed by atoms with E-state index in [9.17, 15) is 0 Å². The van der Waals surface area contributed by atoms with Gasteiger partial charge in [-0.1, -0.05) is 11.1 Å². The topological polar surface area (TPSA) is 12.9 Å². The number of hydrogen-bond donors (Lipinski definition) is 0. The fourth-order valence-corrected chi connectivity index (χ4v) is 2.17. The third kappa shape index (κ3) is 1.87. The standard InChI is InChI=1S/C13H17N/c1-10-3-4-13(9-11(10)2)12-5-7-14-8-6-12/h5-8,13H,3-4,9H2,1-2H3. The molecule has 0 bridgehead atoms. The Bertz CT molecular complexity index is 338. The number of allylic oxidation sites excluding steroid dienone is 2. The van der Waals surface area contributed by atoms with Crippen LogP contribution in [0, 0.1) is 0 Å². The van der Waals surface area contributed by atoms with Gasteiger partial charge in [0.2, 0.25) is 0 Å². The van der Waals surface area contributed by atoms with Crippen LogP contribution in [0.3, 0.4) is 0 Å². The molecule has 0 fully saturated rings. The summed E-state index contributed by atoms with van der Waals surface area (Å²) < 4.78 is 0. The van der Waals surface area contributed by atoms with Gasteiger partial charge in [-0.25, -0.2) is 0 Å². The summed E-state index contributed by atoms with van der Waals surface area (Å²) in [6.45, 7) is 4.53. The Balaban J connectivity index is 2.17. The second-order valence-electron chi connectivity index (χ2n) is 4.28. The van der Waals surface area contributed by atoms with Crippen LogP contribution in [0.1, 0.15) is 44.6 Å². The van der Waals surface area contributed by atoms with Gasteiger partial charge in [0.25, 0.3) is 0 Å². The zero-order valence-electron chi connectivity index (χ0n) is 8.96. The van der Waals surface area contributed by atoms with Crippen molar-refractivity contribution in [1.29, 1.82) is 0 Å². The highest BCUT2D eigenvalue weighted by Gasteiger charge is 2.17. The van der Waals surface area contributed by atoms with Crippen LogP contribution in [-0.2, 0) is 0 Å². The lowest BCUT2D eigenvalue weighted by Crippen LogP contribution is -2.06. The molecule has 1 heteroatoms. The summed E-state index contributed by atoms with van der Waals surface area (Å²) in [7, 11) is 0. The highest BCUT2D eigenvalue weighted by molar-refractivity contribution is 5.24. The van der Waals surface area contributed by atoms with E-state index in [-0.39, 0.29) is 0 Å². The van der Waals surface area contributed by atoms with Crippen molar-refractivity contribution in [3.05, 3.63) is 41.2 Å². The first-order chi connectivity index (χ1) is 6.77. The Kier molecular flexibility index (Phi) is 2.67. The van der Waals surface area contributed by atoms with Crippen LogP contribution in [0.25, 0.3) is 0 Å². The van der Waals surface area contributed by atoms with Crippen molar-refractivity contribution in [2.45, 2.75) is 39.0 Å². The van der Waals surface area contributed by atoms with Crippen molar-refractivity contribution >= 4 is 0 Å². The summed E-state index contributed by atoms with van der Waals surface area (Å²) in [6, 6.07) is 4.30. The normalized spacial score (nSPS) is 22.6. The van der Waals surface area contributed by atoms with Gasteiger partial charge in [0.15, 0.2) is 0 Å². The highest BCUT2D eigenvalue weighted by Crippen LogP contribution is 2.35. The lowest BCUT2D eigenvalue weighted by molar-refractivity contribution is 0.576. The van der Waals surface area contributed by atoms with E-state index in [0.29, 0.717) is 0 Å². The van der Waals surface area contributed by atoms with Crippen LogP contribution >= 0.6 is 0 Å². The maximum atomic E-state index is 4.06. The number of aromatic nitrogens is 1. The molecule has 0 amide bonds. The zero-order valence-corrected chi connectivity index (χ0v) is 8.96. The van der Waals surface area contributed by atoms with Crippen molar-refractivity contribution in [1.82, 2.24) is 4.98 Å². The molecule has 1 aromatic rings. The summed E-state index contributed by atoms with van der Waals surface area (Å²) in [5.74, 6) is 0.724. The molecule has 74 valence electrons. The van der Waals surface area contributed by atoms with Crippen molar-refractivity contribution in [3.8, 4) is 0 Å². The molecule has 1 unspecified atom stereocenters. The maximum Gasteiger partial charge on any atom is 0.0270 e. The Morgan fingerprint density at radius 3 is 2.50 bits per heavy atom. The second kappa shape index (κ2) is 3.95. The van der Waals surface area contributed by atoms with Crippen LogP contribution in [0.5, 0.6) is 0 Å². The second-order valence-corrected chi connectivity index (χ2v) is 4.28. The molecule has 0 saturated carbocycles. The summed E-state index contributed by atoms with van der Waals surface area (Å²) >= 11 is 0. The van der Waals surface area contributed by atoms with Gasteiger partial charge in [-0.05, 0) is 56.7 Å². The molecule has 0 radical (unpaired) electrons. The molecule has 1 nitrogen and oxygen atoms in total. The largest absolute Gasteiger partial charge is 0.265 e. The molecule has 1 aromatic heterocycles. The average Bonchev–Trinajstić information content (AvgIpc) is 2.23. The molecule has 1 atom stereocenters. The lowest BCUT2D eigenvalue weighted by Gasteiger charge is -2.24. The summed E-state index contributed by atoms with van der Waals surface area (Å²) in [5, 5.41) is 0. The molecular formula is C13H17N. The van der Waals surface area contributed by atoms with E-state index in [2.05, 4.69) is 31.0 Å². The van der Waals surface area contributed by atoms with Crippen molar-refractivity contribution in [2.75, 3.05) is 0 Å². The Hall–Kier alpha value is -1.11. The van der Waals surface area contributed by atoms with Crippen LogP contribution in [0.2, 0.25) is 0 Å². The molecule has 0 saturated heterocycles. The van der Waals surface area contributed by atoms with Crippen molar-refractivity contribution in [2.24, 2.45) is 0 Å². The Morgan fingerprint density at radius 2 is 1.86 bits per heavy atom. The SMILES string of the molecule is CC1=C(C)CC(c2ccncc2)CC1. The third-order valence-electron chi connectivity index (χ3n) is 3.33. The third-order valence-corrected chi connectivity index (χ3v) is 3.33. The Morgan fingerprint density at radius 1 is 1.14 bits per heavy atom. The van der Waals surface area contributed by atoms with Gasteiger partial charge in [0.05, 0.1) is 0 Å². The van der Waals surface area contributed by atoms with Crippen LogP contribution < -0.4 is 0 Å². The van der Waals surface area contributed by atoms with Crippen molar-refractivity contribution in [3.63, 3.8) is 0 Å². The van der Waals surface area contributed by atoms with Gasteiger partial charge >= 0.3 is 0 Å². The van der Waals surface area contributed by atoms with Crippen LogP contribution in [0.4, 0.5) is 0 Å². The quantitative estimate of drug-likeness (QED) is 0.611. The predicted molar refractivity (Wildman–Crippen MR) is 59.2 cm³/mol. The monoisotopic (exact) mass is 187 g/mol. The van der Waals surface area contributed by atoms with E-state index in [1.54, 1.807) is 11.1 Å². The first kappa shape index (κ1) is 9.45. The molecule has 0 N–H and O–H groups in total. The number of pyridine rings is 1. The fourth-order valence-electron chi connectivity index (χ4n) is 2.17. The number of nitrogens with zero attached hydrogens (tertiary/aromatic N) is 1. The van der Waals surface area contributed by atoms with E-state index >= 15 is 0 Å². The smallest absolute Gasteiger partial charge is 0.0270 e. The van der Waals surface area contributed by atoms with E-state index in [4.69, 9.17) is 0 Å². The molecule has 1 heterocycles. The van der Waals surface area contributed by atoms with E-state index in [0.717, 1.165) is 5.92 Å². The van der Waals surface area contributed by atoms with Gasteiger partial charge in [0, 0.05) is 12.4 Å². The minimum absolute atomic E-state index is 0.724. The summed E-state index contributed by atoms with van der Waals surface area (Å²) in [5.41, 5.74) is 4.63. The minimum atomic E-state index is 0.724. The van der Waals surface area contributed by atoms with Gasteiger partial charge in [-0.15, -0.1) is 0 Å². The molecule has 14 heavy (non-hydrogen) atoms. The number of hydrogen-bond acceptors (Lipinski definition) is 1. The zero-order chi connectivity index (χ0) is 9.97. The lowest BCUT2D eigenvalue weighted by atomic mass is 9.81. The highest BCUT2D eigenvalue weighted by atomic mass is 14.6. The first-order valence-electron chi connectivity index (χ1n) is 5.32. The van der Waals surface area contributed by atoms with Crippen molar-refractivity contribution < 1.29 is 0 Å². The molecule has 2 rings (SSSR count). The van der Waals surface area contributed by atoms with Crippen LogP contribution in [-0.4, -0.2) is 4.98 Å². The predicted octanol–water partition coefficient (Wildman–Crippen LogP) is 3.69. The fraction of sp³-hybridized carbons (Fsp3) is 0.462. The van der Waals surface area contributed by atoms with Gasteiger partial charge in [-0.2, -0.15) is 0 Å². The van der Waals surface area contributed by atoms with Crippen LogP contribution in [0.15, 0.2) is 35.7 Å². The number of rotatable bonds is 1. The summed E-state index contributed by atoms with van der Waals surface area (Å²) in [4.78, 5) is 4.06. The first-order valence-corrected chi connectivity index (χ1v) is 5.32. The molecule has 0 spiro atoms. The minimum Gasteiger partial charge on any atom is -0.265 e. The molecule has 1 aliphatic rings. The van der Waals surface area contributed by atoms with E-state index < -0.39 is 0 Å². The van der Waals surface area contributed by atoms with Gasteiger partial charge in [-0.3, -0.25) is 4.98 Å². The summed E-state index contributed by atoms with van der Waals surface area (Å²) in [6.07, 6.45) is 7.59. The molecular weight excluding hydrogens is 170 g/mol. The van der Waals surface area contributed by atoms with E-state index in [1.165, 1.54) is 24.8 Å². The molecule has 1 aliphatic carbocycles. The van der Waals surface area contributed by atoms with E-state index in [1.807, 2.05) is 12.4 Å². The maximum absolute atomic E-state index is 4.06. The average molecular weight is 187 g/mol. The van der Waals surface area contributed by atoms with Gasteiger partial charge < -0.3 is 0 Å². The molecule has 0 aliphatic heterocycles. The Labute approximate surface area is 85.9 Å². The molecule has 0 aromatic carbocycles. The van der Waals surface area contributed by atoms with Gasteiger partial charge in [0.1, 0.15) is 0 Å².